The van der Waals surface area contributed by atoms with Gasteiger partial charge in [0.2, 0.25) is 0 Å². The van der Waals surface area contributed by atoms with Crippen LogP contribution in [0.1, 0.15) is 19.3 Å². The summed E-state index contributed by atoms with van der Waals surface area (Å²) in [4.78, 5) is 1.87. The van der Waals surface area contributed by atoms with Gasteiger partial charge in [0.05, 0.1) is 19.6 Å². The smallest absolute Gasteiger partial charge is 0.393 e. The molecule has 0 aliphatic carbocycles. The van der Waals surface area contributed by atoms with E-state index in [9.17, 15) is 13.2 Å². The summed E-state index contributed by atoms with van der Waals surface area (Å²) in [7, 11) is 1.53. The van der Waals surface area contributed by atoms with E-state index in [0.29, 0.717) is 43.2 Å². The molecule has 23 heavy (non-hydrogen) atoms. The number of piperidine rings is 1. The van der Waals surface area contributed by atoms with Gasteiger partial charge in [-0.2, -0.15) is 13.2 Å². The Morgan fingerprint density at radius 1 is 1.30 bits per heavy atom. The number of benzene rings is 1. The number of anilines is 1. The van der Waals surface area contributed by atoms with Crippen LogP contribution in [0.3, 0.4) is 0 Å². The zero-order valence-corrected chi connectivity index (χ0v) is 13.2. The van der Waals surface area contributed by atoms with Gasteiger partial charge < -0.3 is 20.1 Å². The predicted octanol–water partition coefficient (Wildman–Crippen LogP) is 3.32. The van der Waals surface area contributed by atoms with Gasteiger partial charge in [0, 0.05) is 24.8 Å². The molecular weight excluding hydrogens is 309 g/mol. The molecule has 1 aromatic rings. The van der Waals surface area contributed by atoms with Gasteiger partial charge >= 0.3 is 6.18 Å². The second-order valence-electron chi connectivity index (χ2n) is 5.79. The summed E-state index contributed by atoms with van der Waals surface area (Å²) in [5.41, 5.74) is 6.25. The molecule has 130 valence electrons. The Hall–Kier alpha value is -1.63. The van der Waals surface area contributed by atoms with Crippen molar-refractivity contribution in [3.63, 3.8) is 0 Å². The highest BCUT2D eigenvalue weighted by atomic mass is 19.4. The SMILES string of the molecule is COc1cc(N)ccc1OCCCN1CCCC(C(F)(F)F)C1. The molecule has 2 N–H and O–H groups in total. The first-order valence-corrected chi connectivity index (χ1v) is 7.75. The number of likely N-dealkylation sites (tertiary alicyclic amines) is 1. The quantitative estimate of drug-likeness (QED) is 0.641. The van der Waals surface area contributed by atoms with Gasteiger partial charge in [-0.3, -0.25) is 0 Å². The number of halogens is 3. The number of nitrogen functional groups attached to an aromatic ring is 1. The highest BCUT2D eigenvalue weighted by Crippen LogP contribution is 2.33. The highest BCUT2D eigenvalue weighted by Gasteiger charge is 2.41. The number of hydrogen-bond donors (Lipinski definition) is 1. The molecule has 1 heterocycles. The number of nitrogens with zero attached hydrogens (tertiary/aromatic N) is 1. The van der Waals surface area contributed by atoms with Crippen molar-refractivity contribution >= 4 is 5.69 Å². The van der Waals surface area contributed by atoms with E-state index in [2.05, 4.69) is 0 Å². The maximum atomic E-state index is 12.8. The van der Waals surface area contributed by atoms with E-state index >= 15 is 0 Å². The van der Waals surface area contributed by atoms with Crippen molar-refractivity contribution in [1.82, 2.24) is 4.90 Å². The van der Waals surface area contributed by atoms with Crippen LogP contribution in [0.5, 0.6) is 11.5 Å². The molecule has 1 unspecified atom stereocenters. The summed E-state index contributed by atoms with van der Waals surface area (Å²) in [5.74, 6) is -0.0528. The second kappa shape index (κ2) is 7.77. The van der Waals surface area contributed by atoms with E-state index in [1.54, 1.807) is 18.2 Å². The average molecular weight is 332 g/mol. The number of nitrogens with two attached hydrogens (primary N) is 1. The Labute approximate surface area is 134 Å². The van der Waals surface area contributed by atoms with Crippen molar-refractivity contribution in [2.75, 3.05) is 39.1 Å². The summed E-state index contributed by atoms with van der Waals surface area (Å²) in [5, 5.41) is 0. The Bertz CT molecular complexity index is 509. The topological polar surface area (TPSA) is 47.7 Å². The van der Waals surface area contributed by atoms with Gasteiger partial charge in [-0.05, 0) is 37.9 Å². The monoisotopic (exact) mass is 332 g/mol. The minimum Gasteiger partial charge on any atom is -0.493 e. The van der Waals surface area contributed by atoms with E-state index in [1.165, 1.54) is 7.11 Å². The molecule has 0 saturated carbocycles. The number of ether oxygens (including phenoxy) is 2. The first-order valence-electron chi connectivity index (χ1n) is 7.75. The summed E-state index contributed by atoms with van der Waals surface area (Å²) in [6.45, 7) is 1.84. The first-order chi connectivity index (χ1) is 10.9. The lowest BCUT2D eigenvalue weighted by molar-refractivity contribution is -0.186. The summed E-state index contributed by atoms with van der Waals surface area (Å²) < 4.78 is 49.1. The molecule has 1 aliphatic heterocycles. The lowest BCUT2D eigenvalue weighted by Crippen LogP contribution is -2.42. The van der Waals surface area contributed by atoms with Crippen molar-refractivity contribution in [3.05, 3.63) is 18.2 Å². The van der Waals surface area contributed by atoms with Crippen LogP contribution in [0.2, 0.25) is 0 Å². The van der Waals surface area contributed by atoms with Crippen molar-refractivity contribution in [1.29, 1.82) is 0 Å². The largest absolute Gasteiger partial charge is 0.493 e. The summed E-state index contributed by atoms with van der Waals surface area (Å²) in [6, 6.07) is 5.12. The number of rotatable bonds is 6. The fourth-order valence-corrected chi connectivity index (χ4v) is 2.80. The van der Waals surface area contributed by atoms with Crippen LogP contribution >= 0.6 is 0 Å². The lowest BCUT2D eigenvalue weighted by Gasteiger charge is -2.33. The molecule has 0 aromatic heterocycles. The second-order valence-corrected chi connectivity index (χ2v) is 5.79. The molecular formula is C16H23F3N2O2. The molecule has 0 radical (unpaired) electrons. The fraction of sp³-hybridized carbons (Fsp3) is 0.625. The third kappa shape index (κ3) is 5.20. The third-order valence-corrected chi connectivity index (χ3v) is 4.03. The van der Waals surface area contributed by atoms with Crippen molar-refractivity contribution < 1.29 is 22.6 Å². The lowest BCUT2D eigenvalue weighted by atomic mass is 9.97. The van der Waals surface area contributed by atoms with Crippen LogP contribution in [0.15, 0.2) is 18.2 Å². The van der Waals surface area contributed by atoms with Crippen molar-refractivity contribution in [2.24, 2.45) is 5.92 Å². The first kappa shape index (κ1) is 17.7. The minimum absolute atomic E-state index is 0.0920. The Morgan fingerprint density at radius 2 is 2.09 bits per heavy atom. The van der Waals surface area contributed by atoms with E-state index in [0.717, 1.165) is 6.54 Å². The zero-order valence-electron chi connectivity index (χ0n) is 13.2. The minimum atomic E-state index is -4.09. The fourth-order valence-electron chi connectivity index (χ4n) is 2.80. The standard InChI is InChI=1S/C16H23F3N2O2/c1-22-15-10-13(20)5-6-14(15)23-9-3-8-21-7-2-4-12(11-21)16(17,18)19/h5-6,10,12H,2-4,7-9,11,20H2,1H3. The molecule has 0 amide bonds. The van der Waals surface area contributed by atoms with E-state index in [4.69, 9.17) is 15.2 Å². The molecule has 1 aromatic carbocycles. The molecule has 1 atom stereocenters. The highest BCUT2D eigenvalue weighted by molar-refractivity contribution is 5.51. The van der Waals surface area contributed by atoms with Gasteiger partial charge in [-0.15, -0.1) is 0 Å². The Kier molecular flexibility index (Phi) is 5.98. The zero-order chi connectivity index (χ0) is 16.9. The molecule has 0 spiro atoms. The molecule has 1 fully saturated rings. The van der Waals surface area contributed by atoms with Crippen LogP contribution in [-0.2, 0) is 0 Å². The molecule has 1 saturated heterocycles. The van der Waals surface area contributed by atoms with E-state index < -0.39 is 12.1 Å². The Balaban J connectivity index is 1.75. The van der Waals surface area contributed by atoms with E-state index in [-0.39, 0.29) is 13.0 Å². The van der Waals surface area contributed by atoms with Crippen LogP contribution in [0.4, 0.5) is 18.9 Å². The van der Waals surface area contributed by atoms with Crippen molar-refractivity contribution in [2.45, 2.75) is 25.4 Å². The van der Waals surface area contributed by atoms with Crippen molar-refractivity contribution in [3.8, 4) is 11.5 Å². The number of methoxy groups -OCH3 is 1. The maximum Gasteiger partial charge on any atom is 0.393 e. The molecule has 2 rings (SSSR count). The normalized spacial score (nSPS) is 19.6. The summed E-state index contributed by atoms with van der Waals surface area (Å²) >= 11 is 0. The third-order valence-electron chi connectivity index (χ3n) is 4.03. The van der Waals surface area contributed by atoms with Crippen LogP contribution in [0.25, 0.3) is 0 Å². The maximum absolute atomic E-state index is 12.8. The Morgan fingerprint density at radius 3 is 2.78 bits per heavy atom. The van der Waals surface area contributed by atoms with Gasteiger partial charge in [-0.1, -0.05) is 0 Å². The van der Waals surface area contributed by atoms with Gasteiger partial charge in [0.25, 0.3) is 0 Å². The van der Waals surface area contributed by atoms with Gasteiger partial charge in [0.15, 0.2) is 11.5 Å². The van der Waals surface area contributed by atoms with Crippen LogP contribution in [-0.4, -0.2) is 44.4 Å². The molecule has 7 heteroatoms. The predicted molar refractivity (Wildman–Crippen MR) is 82.7 cm³/mol. The van der Waals surface area contributed by atoms with Crippen LogP contribution in [0, 0.1) is 5.92 Å². The molecule has 1 aliphatic rings. The number of hydrogen-bond acceptors (Lipinski definition) is 4. The summed E-state index contributed by atoms with van der Waals surface area (Å²) in [6.07, 6.45) is -2.60. The van der Waals surface area contributed by atoms with Gasteiger partial charge in [0.1, 0.15) is 0 Å². The molecule has 0 bridgehead atoms. The van der Waals surface area contributed by atoms with Gasteiger partial charge in [-0.25, -0.2) is 0 Å². The number of alkyl halides is 3. The molecule has 4 nitrogen and oxygen atoms in total. The van der Waals surface area contributed by atoms with Crippen LogP contribution < -0.4 is 15.2 Å². The van der Waals surface area contributed by atoms with E-state index in [1.807, 2.05) is 4.90 Å². The average Bonchev–Trinajstić information content (AvgIpc) is 2.52.